The van der Waals surface area contributed by atoms with Crippen LogP contribution in [-0.4, -0.2) is 81.4 Å². The van der Waals surface area contributed by atoms with Gasteiger partial charge in [-0.25, -0.2) is 4.39 Å². The average Bonchev–Trinajstić information content (AvgIpc) is 3.55. The monoisotopic (exact) mass is 419 g/mol. The van der Waals surface area contributed by atoms with Crippen molar-refractivity contribution in [3.05, 3.63) is 35.9 Å². The summed E-state index contributed by atoms with van der Waals surface area (Å²) in [7, 11) is 4.19. The van der Waals surface area contributed by atoms with Crippen molar-refractivity contribution in [2.24, 2.45) is 5.92 Å². The first-order valence-corrected chi connectivity index (χ1v) is 11.4. The zero-order valence-electron chi connectivity index (χ0n) is 18.6. The molecule has 2 saturated heterocycles. The van der Waals surface area contributed by atoms with E-state index in [1.54, 1.807) is 0 Å². The molecule has 1 aliphatic carbocycles. The maximum atomic E-state index is 14.6. The molecule has 0 radical (unpaired) electrons. The van der Waals surface area contributed by atoms with Crippen molar-refractivity contribution in [2.75, 3.05) is 53.4 Å². The van der Waals surface area contributed by atoms with Crippen LogP contribution in [-0.2, 0) is 9.53 Å². The molecule has 1 aromatic rings. The van der Waals surface area contributed by atoms with Gasteiger partial charge in [-0.2, -0.15) is 0 Å². The lowest BCUT2D eigenvalue weighted by Gasteiger charge is -2.34. The minimum atomic E-state index is -0.990. The first-order chi connectivity index (χ1) is 14.5. The van der Waals surface area contributed by atoms with Crippen molar-refractivity contribution in [3.8, 4) is 0 Å². The van der Waals surface area contributed by atoms with Crippen LogP contribution in [0, 0.1) is 5.92 Å². The van der Waals surface area contributed by atoms with Crippen LogP contribution in [0.3, 0.4) is 0 Å². The van der Waals surface area contributed by atoms with Gasteiger partial charge < -0.3 is 19.9 Å². The summed E-state index contributed by atoms with van der Waals surface area (Å²) in [6.45, 7) is 5.69. The molecule has 2 aliphatic heterocycles. The topological polar surface area (TPSA) is 44.8 Å². The number of piperidine rings is 2. The molecule has 5 nitrogen and oxygen atoms in total. The van der Waals surface area contributed by atoms with E-state index in [1.165, 1.54) is 5.56 Å². The zero-order chi connectivity index (χ0) is 21.4. The molecule has 30 heavy (non-hydrogen) atoms. The average molecular weight is 420 g/mol. The van der Waals surface area contributed by atoms with Crippen molar-refractivity contribution in [1.82, 2.24) is 15.1 Å². The Bertz CT molecular complexity index is 629. The van der Waals surface area contributed by atoms with E-state index in [-0.39, 0.29) is 0 Å². The standard InChI is InChI=1S/C16H23FN2.C8H15NO2/c1-19-9-7-16(17,8-10-19)12-18-15-11-14(15)13-5-3-2-4-6-13;1-9-4-2-8(3-5-9)6-11-7-10/h2-6,14-15,18H,7-12H2,1H3;7-8H,2-6H2,1H3. The zero-order valence-corrected chi connectivity index (χ0v) is 18.6. The molecule has 2 heterocycles. The molecule has 3 aliphatic rings. The molecule has 0 bridgehead atoms. The van der Waals surface area contributed by atoms with Gasteiger partial charge in [0.2, 0.25) is 0 Å². The summed E-state index contributed by atoms with van der Waals surface area (Å²) >= 11 is 0. The number of nitrogens with zero attached hydrogens (tertiary/aromatic N) is 2. The Labute approximate surface area is 180 Å². The van der Waals surface area contributed by atoms with E-state index in [2.05, 4.69) is 53.5 Å². The first-order valence-electron chi connectivity index (χ1n) is 11.4. The Morgan fingerprint density at radius 2 is 1.73 bits per heavy atom. The lowest BCUT2D eigenvalue weighted by molar-refractivity contribution is -0.130. The van der Waals surface area contributed by atoms with Gasteiger partial charge in [0.05, 0.1) is 6.61 Å². The van der Waals surface area contributed by atoms with Crippen LogP contribution in [0.4, 0.5) is 4.39 Å². The minimum Gasteiger partial charge on any atom is -0.468 e. The molecule has 1 N–H and O–H groups in total. The second-order valence-corrected chi connectivity index (χ2v) is 9.37. The van der Waals surface area contributed by atoms with Gasteiger partial charge in [0.1, 0.15) is 5.67 Å². The Kier molecular flexibility index (Phi) is 8.66. The molecule has 0 amide bonds. The number of halogens is 1. The minimum absolute atomic E-state index is 0.481. The maximum absolute atomic E-state index is 14.6. The Morgan fingerprint density at radius 1 is 1.10 bits per heavy atom. The number of hydrogen-bond donors (Lipinski definition) is 1. The number of hydrogen-bond acceptors (Lipinski definition) is 5. The van der Waals surface area contributed by atoms with E-state index in [1.807, 2.05) is 6.07 Å². The van der Waals surface area contributed by atoms with Gasteiger partial charge in [-0.05, 0) is 70.8 Å². The Morgan fingerprint density at radius 3 is 2.37 bits per heavy atom. The number of alkyl halides is 1. The number of carbonyl (C=O) groups excluding carboxylic acids is 1. The number of benzene rings is 1. The second kappa shape index (κ2) is 11.2. The van der Waals surface area contributed by atoms with Gasteiger partial charge in [-0.3, -0.25) is 4.79 Å². The van der Waals surface area contributed by atoms with Crippen molar-refractivity contribution < 1.29 is 13.9 Å². The summed E-state index contributed by atoms with van der Waals surface area (Å²) in [5.41, 5.74) is 0.396. The Balaban J connectivity index is 0.000000199. The molecular formula is C24H38FN3O2. The lowest BCUT2D eigenvalue weighted by Crippen LogP contribution is -2.46. The number of rotatable bonds is 7. The van der Waals surface area contributed by atoms with E-state index in [9.17, 15) is 9.18 Å². The van der Waals surface area contributed by atoms with Crippen LogP contribution in [0.5, 0.6) is 0 Å². The fourth-order valence-electron chi connectivity index (χ4n) is 4.40. The predicted molar refractivity (Wildman–Crippen MR) is 118 cm³/mol. The predicted octanol–water partition coefficient (Wildman–Crippen LogP) is 3.07. The van der Waals surface area contributed by atoms with Gasteiger partial charge in [-0.15, -0.1) is 0 Å². The van der Waals surface area contributed by atoms with E-state index in [4.69, 9.17) is 4.74 Å². The van der Waals surface area contributed by atoms with Crippen molar-refractivity contribution >= 4 is 6.47 Å². The molecule has 1 saturated carbocycles. The largest absolute Gasteiger partial charge is 0.468 e. The lowest BCUT2D eigenvalue weighted by atomic mass is 9.93. The number of likely N-dealkylation sites (tertiary alicyclic amines) is 2. The van der Waals surface area contributed by atoms with Crippen molar-refractivity contribution in [2.45, 2.75) is 49.7 Å². The molecule has 2 atom stereocenters. The van der Waals surface area contributed by atoms with Crippen LogP contribution in [0.1, 0.15) is 43.6 Å². The molecular weight excluding hydrogens is 381 g/mol. The quantitative estimate of drug-likeness (QED) is 0.688. The highest BCUT2D eigenvalue weighted by Crippen LogP contribution is 2.41. The molecule has 3 fully saturated rings. The molecule has 0 spiro atoms. The molecule has 4 rings (SSSR count). The molecule has 0 aromatic heterocycles. The molecule has 6 heteroatoms. The molecule has 1 aromatic carbocycles. The van der Waals surface area contributed by atoms with E-state index in [0.717, 1.165) is 45.4 Å². The fourth-order valence-corrected chi connectivity index (χ4v) is 4.40. The fraction of sp³-hybridized carbons (Fsp3) is 0.708. The van der Waals surface area contributed by atoms with Gasteiger partial charge >= 0.3 is 0 Å². The normalized spacial score (nSPS) is 27.0. The van der Waals surface area contributed by atoms with E-state index >= 15 is 0 Å². The smallest absolute Gasteiger partial charge is 0.293 e. The van der Waals surface area contributed by atoms with Gasteiger partial charge in [0.15, 0.2) is 0 Å². The third-order valence-corrected chi connectivity index (χ3v) is 6.82. The highest BCUT2D eigenvalue weighted by molar-refractivity contribution is 5.36. The summed E-state index contributed by atoms with van der Waals surface area (Å²) in [6, 6.07) is 11.0. The van der Waals surface area contributed by atoms with Crippen molar-refractivity contribution in [1.29, 1.82) is 0 Å². The third kappa shape index (κ3) is 7.33. The second-order valence-electron chi connectivity index (χ2n) is 9.37. The summed E-state index contributed by atoms with van der Waals surface area (Å²) in [5.74, 6) is 1.19. The van der Waals surface area contributed by atoms with E-state index < -0.39 is 5.67 Å². The SMILES string of the molecule is CN1CCC(COC=O)CC1.CN1CCC(F)(CNC2CC2c2ccccc2)CC1. The van der Waals surface area contributed by atoms with Crippen LogP contribution < -0.4 is 5.32 Å². The van der Waals surface area contributed by atoms with Crippen LogP contribution in [0.2, 0.25) is 0 Å². The summed E-state index contributed by atoms with van der Waals surface area (Å²) in [5, 5.41) is 3.44. The summed E-state index contributed by atoms with van der Waals surface area (Å²) in [6.07, 6.45) is 4.80. The third-order valence-electron chi connectivity index (χ3n) is 6.82. The Hall–Kier alpha value is -1.50. The molecule has 2 unspecified atom stereocenters. The summed E-state index contributed by atoms with van der Waals surface area (Å²) < 4.78 is 19.3. The van der Waals surface area contributed by atoms with Crippen molar-refractivity contribution in [3.63, 3.8) is 0 Å². The molecule has 168 valence electrons. The van der Waals surface area contributed by atoms with Gasteiger partial charge in [-0.1, -0.05) is 30.3 Å². The van der Waals surface area contributed by atoms with Crippen LogP contribution in [0.15, 0.2) is 30.3 Å². The highest BCUT2D eigenvalue weighted by Gasteiger charge is 2.41. The first kappa shape index (κ1) is 23.2. The number of ether oxygens (including phenoxy) is 1. The van der Waals surface area contributed by atoms with E-state index in [0.29, 0.717) is 50.3 Å². The number of nitrogens with one attached hydrogen (secondary N) is 1. The summed E-state index contributed by atoms with van der Waals surface area (Å²) in [4.78, 5) is 14.4. The number of carbonyl (C=O) groups is 1. The van der Waals surface area contributed by atoms with Crippen LogP contribution >= 0.6 is 0 Å². The maximum Gasteiger partial charge on any atom is 0.293 e. The van der Waals surface area contributed by atoms with Gasteiger partial charge in [0, 0.05) is 31.6 Å². The van der Waals surface area contributed by atoms with Gasteiger partial charge in [0.25, 0.3) is 6.47 Å². The van der Waals surface area contributed by atoms with Crippen LogP contribution in [0.25, 0.3) is 0 Å². The highest BCUT2D eigenvalue weighted by atomic mass is 19.1.